The first-order chi connectivity index (χ1) is 12.6. The highest BCUT2D eigenvalue weighted by molar-refractivity contribution is 9.10. The van der Waals surface area contributed by atoms with Crippen molar-refractivity contribution >= 4 is 38.5 Å². The van der Waals surface area contributed by atoms with Crippen molar-refractivity contribution in [2.24, 2.45) is 0 Å². The number of aromatic nitrogens is 1. The van der Waals surface area contributed by atoms with Crippen LogP contribution in [0.4, 0.5) is 10.1 Å². The van der Waals surface area contributed by atoms with Crippen molar-refractivity contribution in [1.82, 2.24) is 4.98 Å². The van der Waals surface area contributed by atoms with Crippen LogP contribution in [-0.4, -0.2) is 12.1 Å². The minimum atomic E-state index is -0.411. The molecular weight excluding hydrogens is 417 g/mol. The molecule has 7 heteroatoms. The van der Waals surface area contributed by atoms with Crippen molar-refractivity contribution in [3.63, 3.8) is 0 Å². The summed E-state index contributed by atoms with van der Waals surface area (Å²) < 4.78 is 19.7. The zero-order chi connectivity index (χ0) is 18.5. The number of ether oxygens (including phenoxy) is 1. The van der Waals surface area contributed by atoms with Gasteiger partial charge in [-0.15, -0.1) is 11.3 Å². The highest BCUT2D eigenvalue weighted by Gasteiger charge is 2.10. The summed E-state index contributed by atoms with van der Waals surface area (Å²) in [6.45, 7) is 0. The Labute approximate surface area is 162 Å². The standard InChI is InChI=1S/C19H13BrFN3OS/c1-25-15-5-2-12(3-6-15)18-11-26-19(24-18)13(9-22)10-23-17-7-4-14(20)8-16(17)21/h2-8,10-11,23H,1H3/b13-10+. The van der Waals surface area contributed by atoms with E-state index < -0.39 is 5.82 Å². The molecule has 2 aromatic carbocycles. The summed E-state index contributed by atoms with van der Waals surface area (Å²) in [4.78, 5) is 4.50. The average molecular weight is 430 g/mol. The molecule has 0 aliphatic carbocycles. The number of nitrogens with zero attached hydrogens (tertiary/aromatic N) is 2. The van der Waals surface area contributed by atoms with E-state index in [0.29, 0.717) is 15.1 Å². The molecule has 0 amide bonds. The van der Waals surface area contributed by atoms with E-state index in [1.807, 2.05) is 29.6 Å². The predicted molar refractivity (Wildman–Crippen MR) is 105 cm³/mol. The molecule has 0 saturated carbocycles. The molecule has 3 aromatic rings. The first-order valence-corrected chi connectivity index (χ1v) is 9.20. The zero-order valence-corrected chi connectivity index (χ0v) is 16.1. The normalized spacial score (nSPS) is 11.1. The van der Waals surface area contributed by atoms with Crippen LogP contribution in [0.25, 0.3) is 16.8 Å². The summed E-state index contributed by atoms with van der Waals surface area (Å²) in [5, 5.41) is 14.7. The van der Waals surface area contributed by atoms with Crippen LogP contribution >= 0.6 is 27.3 Å². The highest BCUT2D eigenvalue weighted by Crippen LogP contribution is 2.27. The fourth-order valence-corrected chi connectivity index (χ4v) is 3.32. The van der Waals surface area contributed by atoms with Gasteiger partial charge in [-0.2, -0.15) is 5.26 Å². The lowest BCUT2D eigenvalue weighted by atomic mass is 10.2. The lowest BCUT2D eigenvalue weighted by Gasteiger charge is -2.03. The van der Waals surface area contributed by atoms with E-state index in [1.54, 1.807) is 19.2 Å². The number of rotatable bonds is 5. The maximum absolute atomic E-state index is 13.9. The first-order valence-electron chi connectivity index (χ1n) is 7.53. The minimum Gasteiger partial charge on any atom is -0.497 e. The van der Waals surface area contributed by atoms with Crippen LogP contribution < -0.4 is 10.1 Å². The van der Waals surface area contributed by atoms with Crippen molar-refractivity contribution in [3.8, 4) is 23.1 Å². The van der Waals surface area contributed by atoms with Gasteiger partial charge in [0.05, 0.1) is 18.5 Å². The van der Waals surface area contributed by atoms with E-state index in [4.69, 9.17) is 4.74 Å². The Kier molecular flexibility index (Phi) is 5.66. The lowest BCUT2D eigenvalue weighted by Crippen LogP contribution is -1.94. The molecular formula is C19H13BrFN3OS. The van der Waals surface area contributed by atoms with Gasteiger partial charge in [0.15, 0.2) is 0 Å². The monoisotopic (exact) mass is 429 g/mol. The average Bonchev–Trinajstić information content (AvgIpc) is 3.14. The maximum Gasteiger partial charge on any atom is 0.147 e. The van der Waals surface area contributed by atoms with E-state index in [9.17, 15) is 9.65 Å². The van der Waals surface area contributed by atoms with Crippen LogP contribution in [-0.2, 0) is 0 Å². The molecule has 3 rings (SSSR count). The summed E-state index contributed by atoms with van der Waals surface area (Å²) in [7, 11) is 1.61. The lowest BCUT2D eigenvalue weighted by molar-refractivity contribution is 0.415. The number of thiazole rings is 1. The van der Waals surface area contributed by atoms with Gasteiger partial charge in [0.1, 0.15) is 28.2 Å². The van der Waals surface area contributed by atoms with Crippen molar-refractivity contribution in [2.75, 3.05) is 12.4 Å². The number of anilines is 1. The van der Waals surface area contributed by atoms with E-state index in [1.165, 1.54) is 23.6 Å². The van der Waals surface area contributed by atoms with E-state index in [0.717, 1.165) is 17.0 Å². The SMILES string of the molecule is COc1ccc(-c2csc(/C(C#N)=C/Nc3ccc(Br)cc3F)n2)cc1. The molecule has 1 N–H and O–H groups in total. The Hall–Kier alpha value is -2.69. The van der Waals surface area contributed by atoms with Gasteiger partial charge in [-0.1, -0.05) is 15.9 Å². The quantitative estimate of drug-likeness (QED) is 0.528. The van der Waals surface area contributed by atoms with Crippen molar-refractivity contribution < 1.29 is 9.13 Å². The van der Waals surface area contributed by atoms with Crippen molar-refractivity contribution in [2.45, 2.75) is 0 Å². The third-order valence-corrected chi connectivity index (χ3v) is 4.91. The number of methoxy groups -OCH3 is 1. The van der Waals surface area contributed by atoms with Crippen LogP contribution in [0.3, 0.4) is 0 Å². The third-order valence-electron chi connectivity index (χ3n) is 3.54. The largest absolute Gasteiger partial charge is 0.497 e. The zero-order valence-electron chi connectivity index (χ0n) is 13.7. The molecule has 0 aliphatic rings. The van der Waals surface area contributed by atoms with E-state index in [-0.39, 0.29) is 5.69 Å². The third kappa shape index (κ3) is 4.10. The van der Waals surface area contributed by atoms with Crippen LogP contribution in [0.1, 0.15) is 5.01 Å². The number of allylic oxidation sites excluding steroid dienone is 1. The van der Waals surface area contributed by atoms with E-state index >= 15 is 0 Å². The highest BCUT2D eigenvalue weighted by atomic mass is 79.9. The summed E-state index contributed by atoms with van der Waals surface area (Å²) in [6, 6.07) is 14.3. The van der Waals surface area contributed by atoms with Gasteiger partial charge in [0, 0.05) is 21.6 Å². The Morgan fingerprint density at radius 3 is 2.73 bits per heavy atom. The van der Waals surface area contributed by atoms with Gasteiger partial charge in [-0.3, -0.25) is 0 Å². The Bertz CT molecular complexity index is 993. The number of benzene rings is 2. The summed E-state index contributed by atoms with van der Waals surface area (Å²) in [5.41, 5.74) is 2.31. The van der Waals surface area contributed by atoms with Crippen LogP contribution in [0.15, 0.2) is 58.5 Å². The second-order valence-electron chi connectivity index (χ2n) is 5.20. The topological polar surface area (TPSA) is 57.9 Å². The predicted octanol–water partition coefficient (Wildman–Crippen LogP) is 5.70. The summed E-state index contributed by atoms with van der Waals surface area (Å²) in [5.74, 6) is 0.355. The number of nitriles is 1. The Balaban J connectivity index is 1.82. The number of nitrogens with one attached hydrogen (secondary N) is 1. The first kappa shape index (κ1) is 18.1. The van der Waals surface area contributed by atoms with Gasteiger partial charge in [-0.05, 0) is 42.5 Å². The molecule has 130 valence electrons. The number of hydrogen-bond donors (Lipinski definition) is 1. The molecule has 0 radical (unpaired) electrons. The van der Waals surface area contributed by atoms with Gasteiger partial charge in [-0.25, -0.2) is 9.37 Å². The van der Waals surface area contributed by atoms with Crippen molar-refractivity contribution in [3.05, 3.63) is 69.3 Å². The van der Waals surface area contributed by atoms with Crippen molar-refractivity contribution in [1.29, 1.82) is 5.26 Å². The molecule has 1 heterocycles. The molecule has 0 fully saturated rings. The molecule has 0 saturated heterocycles. The number of hydrogen-bond acceptors (Lipinski definition) is 5. The van der Waals surface area contributed by atoms with Gasteiger partial charge in [0.2, 0.25) is 0 Å². The van der Waals surface area contributed by atoms with Gasteiger partial charge >= 0.3 is 0 Å². The van der Waals surface area contributed by atoms with Crippen LogP contribution in [0, 0.1) is 17.1 Å². The smallest absolute Gasteiger partial charge is 0.147 e. The number of halogens is 2. The van der Waals surface area contributed by atoms with Crippen LogP contribution in [0.5, 0.6) is 5.75 Å². The van der Waals surface area contributed by atoms with E-state index in [2.05, 4.69) is 32.3 Å². The summed E-state index contributed by atoms with van der Waals surface area (Å²) in [6.07, 6.45) is 1.46. The molecule has 4 nitrogen and oxygen atoms in total. The Morgan fingerprint density at radius 2 is 2.08 bits per heavy atom. The Morgan fingerprint density at radius 1 is 1.31 bits per heavy atom. The molecule has 0 bridgehead atoms. The van der Waals surface area contributed by atoms with Gasteiger partial charge in [0.25, 0.3) is 0 Å². The van der Waals surface area contributed by atoms with Gasteiger partial charge < -0.3 is 10.1 Å². The molecule has 0 aliphatic heterocycles. The fourth-order valence-electron chi connectivity index (χ4n) is 2.19. The molecule has 26 heavy (non-hydrogen) atoms. The fraction of sp³-hybridized carbons (Fsp3) is 0.0526. The molecule has 0 spiro atoms. The minimum absolute atomic E-state index is 0.285. The van der Waals surface area contributed by atoms with Crippen LogP contribution in [0.2, 0.25) is 0 Å². The summed E-state index contributed by atoms with van der Waals surface area (Å²) >= 11 is 4.56. The molecule has 1 aromatic heterocycles. The maximum atomic E-state index is 13.9. The molecule has 0 atom stereocenters. The molecule has 0 unspecified atom stereocenters. The second kappa shape index (κ2) is 8.13. The second-order valence-corrected chi connectivity index (χ2v) is 6.98.